The minimum absolute atomic E-state index is 0.261. The Morgan fingerprint density at radius 2 is 2.10 bits per heavy atom. The molecule has 0 aliphatic rings. The molecule has 0 bridgehead atoms. The third-order valence-corrected chi connectivity index (χ3v) is 4.66. The lowest BCUT2D eigenvalue weighted by molar-refractivity contribution is 0.102. The molecule has 21 heavy (non-hydrogen) atoms. The predicted molar refractivity (Wildman–Crippen MR) is 91.7 cm³/mol. The highest BCUT2D eigenvalue weighted by molar-refractivity contribution is 14.1. The molecule has 0 spiro atoms. The number of carbonyl (C=O) groups excluding carboxylic acids is 1. The minimum atomic E-state index is -0.261. The van der Waals surface area contributed by atoms with E-state index in [4.69, 9.17) is 4.42 Å². The van der Waals surface area contributed by atoms with Gasteiger partial charge >= 0.3 is 0 Å². The van der Waals surface area contributed by atoms with Gasteiger partial charge in [0.25, 0.3) is 5.91 Å². The van der Waals surface area contributed by atoms with Crippen LogP contribution >= 0.6 is 33.9 Å². The van der Waals surface area contributed by atoms with Gasteiger partial charge in [-0.25, -0.2) is 4.98 Å². The third kappa shape index (κ3) is 3.01. The number of para-hydroxylation sites is 1. The van der Waals surface area contributed by atoms with E-state index < -0.39 is 0 Å². The Balaban J connectivity index is 1.87. The molecule has 3 rings (SSSR count). The number of hydrogen-bond acceptors (Lipinski definition) is 4. The molecule has 2 heterocycles. The molecule has 6 heteroatoms. The zero-order valence-electron chi connectivity index (χ0n) is 11.1. The number of nitrogens with one attached hydrogen (secondary N) is 1. The maximum absolute atomic E-state index is 12.3. The first kappa shape index (κ1) is 14.3. The van der Waals surface area contributed by atoms with Crippen LogP contribution in [0.1, 0.15) is 16.2 Å². The molecule has 1 aromatic carbocycles. The van der Waals surface area contributed by atoms with Gasteiger partial charge < -0.3 is 9.73 Å². The summed E-state index contributed by atoms with van der Waals surface area (Å²) in [6.45, 7) is 1.75. The smallest absolute Gasteiger partial charge is 0.277 e. The molecule has 0 saturated heterocycles. The summed E-state index contributed by atoms with van der Waals surface area (Å²) in [5.41, 5.74) is 1.08. The molecule has 2 aromatic heterocycles. The molecule has 106 valence electrons. The number of carbonyl (C=O) groups is 1. The second kappa shape index (κ2) is 5.98. The van der Waals surface area contributed by atoms with E-state index in [1.807, 2.05) is 41.8 Å². The van der Waals surface area contributed by atoms with Gasteiger partial charge in [-0.3, -0.25) is 4.79 Å². The quantitative estimate of drug-likeness (QED) is 0.644. The number of anilines is 1. The zero-order valence-corrected chi connectivity index (χ0v) is 14.1. The van der Waals surface area contributed by atoms with Gasteiger partial charge in [-0.05, 0) is 53.1 Å². The molecule has 1 N–H and O–H groups in total. The third-order valence-electron chi connectivity index (χ3n) is 2.87. The van der Waals surface area contributed by atoms with Crippen molar-refractivity contribution < 1.29 is 9.21 Å². The predicted octanol–water partition coefficient (Wildman–Crippen LogP) is 4.57. The van der Waals surface area contributed by atoms with Gasteiger partial charge in [0.05, 0.1) is 10.6 Å². The van der Waals surface area contributed by atoms with Gasteiger partial charge in [-0.2, -0.15) is 0 Å². The molecule has 1 amide bonds. The molecule has 0 fully saturated rings. The first-order valence-corrected chi connectivity index (χ1v) is 8.18. The van der Waals surface area contributed by atoms with Crippen LogP contribution in [0.15, 0.2) is 46.2 Å². The monoisotopic (exact) mass is 410 g/mol. The molecule has 0 atom stereocenters. The Morgan fingerprint density at radius 3 is 2.81 bits per heavy atom. The van der Waals surface area contributed by atoms with Crippen LogP contribution in [0.3, 0.4) is 0 Å². The lowest BCUT2D eigenvalue weighted by atomic mass is 10.3. The van der Waals surface area contributed by atoms with E-state index in [0.717, 1.165) is 14.1 Å². The molecule has 0 unspecified atom stereocenters. The van der Waals surface area contributed by atoms with Gasteiger partial charge in [-0.15, -0.1) is 11.3 Å². The Kier molecular flexibility index (Phi) is 4.07. The van der Waals surface area contributed by atoms with Crippen LogP contribution in [0.2, 0.25) is 0 Å². The lowest BCUT2D eigenvalue weighted by Crippen LogP contribution is -2.14. The maximum atomic E-state index is 12.3. The van der Waals surface area contributed by atoms with Gasteiger partial charge in [0.1, 0.15) is 5.76 Å². The summed E-state index contributed by atoms with van der Waals surface area (Å²) in [6.07, 6.45) is 0. The summed E-state index contributed by atoms with van der Waals surface area (Å²) in [7, 11) is 0. The first-order chi connectivity index (χ1) is 10.1. The highest BCUT2D eigenvalue weighted by Crippen LogP contribution is 2.26. The van der Waals surface area contributed by atoms with E-state index in [2.05, 4.69) is 32.9 Å². The van der Waals surface area contributed by atoms with Crippen LogP contribution in [-0.2, 0) is 0 Å². The van der Waals surface area contributed by atoms with E-state index in [1.54, 1.807) is 6.92 Å². The van der Waals surface area contributed by atoms with E-state index in [-0.39, 0.29) is 5.91 Å². The van der Waals surface area contributed by atoms with Crippen molar-refractivity contribution in [2.45, 2.75) is 6.92 Å². The van der Waals surface area contributed by atoms with E-state index in [1.165, 1.54) is 11.3 Å². The fourth-order valence-electron chi connectivity index (χ4n) is 1.86. The number of rotatable bonds is 3. The van der Waals surface area contributed by atoms with Crippen LogP contribution in [0, 0.1) is 10.5 Å². The van der Waals surface area contributed by atoms with E-state index in [0.29, 0.717) is 17.3 Å². The fraction of sp³-hybridized carbons (Fsp3) is 0.0667. The average Bonchev–Trinajstić information content (AvgIpc) is 3.10. The molecular weight excluding hydrogens is 399 g/mol. The van der Waals surface area contributed by atoms with E-state index >= 15 is 0 Å². The number of hydrogen-bond donors (Lipinski definition) is 1. The number of thiophene rings is 1. The maximum Gasteiger partial charge on any atom is 0.277 e. The van der Waals surface area contributed by atoms with Crippen molar-refractivity contribution >= 4 is 45.5 Å². The van der Waals surface area contributed by atoms with Crippen molar-refractivity contribution in [1.29, 1.82) is 0 Å². The van der Waals surface area contributed by atoms with Crippen molar-refractivity contribution in [2.75, 3.05) is 5.32 Å². The van der Waals surface area contributed by atoms with Crippen LogP contribution in [0.5, 0.6) is 0 Å². The van der Waals surface area contributed by atoms with E-state index in [9.17, 15) is 4.79 Å². The minimum Gasteiger partial charge on any atom is -0.440 e. The Hall–Kier alpha value is -1.67. The Morgan fingerprint density at radius 1 is 1.29 bits per heavy atom. The van der Waals surface area contributed by atoms with Crippen LogP contribution in [0.4, 0.5) is 5.69 Å². The van der Waals surface area contributed by atoms with Gasteiger partial charge in [0.15, 0.2) is 5.69 Å². The zero-order chi connectivity index (χ0) is 14.8. The summed E-state index contributed by atoms with van der Waals surface area (Å²) < 4.78 is 6.56. The molecule has 0 aliphatic heterocycles. The average molecular weight is 410 g/mol. The normalized spacial score (nSPS) is 10.6. The largest absolute Gasteiger partial charge is 0.440 e. The highest BCUT2D eigenvalue weighted by Gasteiger charge is 2.19. The Labute approximate surface area is 139 Å². The number of amides is 1. The van der Waals surface area contributed by atoms with Crippen molar-refractivity contribution in [3.05, 3.63) is 56.8 Å². The molecular formula is C15H11IN2O2S. The molecule has 0 saturated carbocycles. The first-order valence-electron chi connectivity index (χ1n) is 6.22. The molecule has 0 aliphatic carbocycles. The van der Waals surface area contributed by atoms with Crippen LogP contribution in [-0.4, -0.2) is 10.9 Å². The van der Waals surface area contributed by atoms with Gasteiger partial charge in [0, 0.05) is 3.57 Å². The lowest BCUT2D eigenvalue weighted by Gasteiger charge is -2.05. The number of halogens is 1. The van der Waals surface area contributed by atoms with Crippen molar-refractivity contribution in [3.63, 3.8) is 0 Å². The molecule has 0 radical (unpaired) electrons. The van der Waals surface area contributed by atoms with Crippen molar-refractivity contribution in [2.24, 2.45) is 0 Å². The summed E-state index contributed by atoms with van der Waals surface area (Å²) in [4.78, 5) is 17.6. The standard InChI is InChI=1S/C15H11IN2O2S/c1-9-13(18-15(20-9)12-7-4-8-21-12)14(19)17-11-6-3-2-5-10(11)16/h2-8H,1H3,(H,17,19). The number of nitrogens with zero attached hydrogens (tertiary/aromatic N) is 1. The van der Waals surface area contributed by atoms with Crippen molar-refractivity contribution in [1.82, 2.24) is 4.98 Å². The number of oxazole rings is 1. The second-order valence-corrected chi connectivity index (χ2v) is 6.44. The van der Waals surface area contributed by atoms with Crippen LogP contribution < -0.4 is 5.32 Å². The highest BCUT2D eigenvalue weighted by atomic mass is 127. The van der Waals surface area contributed by atoms with Gasteiger partial charge in [0.2, 0.25) is 5.89 Å². The topological polar surface area (TPSA) is 55.1 Å². The van der Waals surface area contributed by atoms with Crippen LogP contribution in [0.25, 0.3) is 10.8 Å². The Bertz CT molecular complexity index is 781. The number of aromatic nitrogens is 1. The number of aryl methyl sites for hydroxylation is 1. The summed E-state index contributed by atoms with van der Waals surface area (Å²) in [5, 5.41) is 4.81. The molecule has 4 nitrogen and oxygen atoms in total. The SMILES string of the molecule is Cc1oc(-c2cccs2)nc1C(=O)Nc1ccccc1I. The van der Waals surface area contributed by atoms with Gasteiger partial charge in [-0.1, -0.05) is 18.2 Å². The summed E-state index contributed by atoms with van der Waals surface area (Å²) in [6, 6.07) is 11.4. The summed E-state index contributed by atoms with van der Waals surface area (Å²) in [5.74, 6) is 0.737. The van der Waals surface area contributed by atoms with Crippen molar-refractivity contribution in [3.8, 4) is 10.8 Å². The fourth-order valence-corrected chi connectivity index (χ4v) is 3.03. The number of benzene rings is 1. The second-order valence-electron chi connectivity index (χ2n) is 4.34. The molecule has 3 aromatic rings. The summed E-state index contributed by atoms with van der Waals surface area (Å²) >= 11 is 3.71.